The molecule has 0 heteroatoms. The van der Waals surface area contributed by atoms with Crippen LogP contribution >= 0.6 is 0 Å². The first-order valence-corrected chi connectivity index (χ1v) is 9.28. The highest BCUT2D eigenvalue weighted by molar-refractivity contribution is 5.39. The Hall–Kier alpha value is -1.56. The summed E-state index contributed by atoms with van der Waals surface area (Å²) in [6, 6.07) is 18.4. The summed E-state index contributed by atoms with van der Waals surface area (Å²) in [6.07, 6.45) is 0. The second-order valence-electron chi connectivity index (χ2n) is 8.81. The molecule has 0 heterocycles. The molecule has 0 aliphatic rings. The van der Waals surface area contributed by atoms with Gasteiger partial charge in [-0.1, -0.05) is 104 Å². The van der Waals surface area contributed by atoms with Gasteiger partial charge in [0, 0.05) is 0 Å². The van der Waals surface area contributed by atoms with Crippen LogP contribution in [0.1, 0.15) is 89.5 Å². The van der Waals surface area contributed by atoms with Gasteiger partial charge in [0.2, 0.25) is 0 Å². The van der Waals surface area contributed by atoms with Crippen LogP contribution in [0, 0.1) is 0 Å². The van der Waals surface area contributed by atoms with Crippen LogP contribution in [0.4, 0.5) is 0 Å². The zero-order valence-electron chi connectivity index (χ0n) is 16.8. The van der Waals surface area contributed by atoms with E-state index in [4.69, 9.17) is 0 Å². The predicted molar refractivity (Wildman–Crippen MR) is 107 cm³/mol. The van der Waals surface area contributed by atoms with Crippen molar-refractivity contribution in [3.05, 3.63) is 70.8 Å². The highest BCUT2D eigenvalue weighted by atomic mass is 14.4. The van der Waals surface area contributed by atoms with E-state index in [1.807, 2.05) is 0 Å². The molecule has 0 N–H and O–H groups in total. The van der Waals surface area contributed by atoms with Crippen molar-refractivity contribution >= 4 is 0 Å². The van der Waals surface area contributed by atoms with Crippen LogP contribution in [0.25, 0.3) is 0 Å². The van der Waals surface area contributed by atoms with E-state index < -0.39 is 0 Å². The van der Waals surface area contributed by atoms with Crippen molar-refractivity contribution in [1.82, 2.24) is 0 Å². The van der Waals surface area contributed by atoms with E-state index in [0.717, 1.165) is 0 Å². The van der Waals surface area contributed by atoms with Gasteiger partial charge in [-0.15, -0.1) is 0 Å². The lowest BCUT2D eigenvalue weighted by atomic mass is 9.61. The van der Waals surface area contributed by atoms with Gasteiger partial charge in [-0.2, -0.15) is 0 Å². The van der Waals surface area contributed by atoms with E-state index in [1.54, 1.807) is 0 Å². The molecule has 0 spiro atoms. The van der Waals surface area contributed by atoms with E-state index in [1.165, 1.54) is 22.3 Å². The average Bonchev–Trinajstić information content (AvgIpc) is 2.54. The van der Waals surface area contributed by atoms with Crippen molar-refractivity contribution in [2.24, 2.45) is 0 Å². The van der Waals surface area contributed by atoms with Gasteiger partial charge in [0.25, 0.3) is 0 Å². The van der Waals surface area contributed by atoms with Crippen LogP contribution in [-0.2, 0) is 10.8 Å². The smallest absolute Gasteiger partial charge is 0.00119 e. The lowest BCUT2D eigenvalue weighted by Crippen LogP contribution is -2.40. The lowest BCUT2D eigenvalue weighted by Gasteiger charge is -2.43. The molecule has 2 rings (SSSR count). The third kappa shape index (κ3) is 3.43. The van der Waals surface area contributed by atoms with Gasteiger partial charge in [-0.3, -0.25) is 0 Å². The maximum absolute atomic E-state index is 2.40. The average molecular weight is 323 g/mol. The monoisotopic (exact) mass is 322 g/mol. The summed E-state index contributed by atoms with van der Waals surface area (Å²) in [5.41, 5.74) is 5.77. The molecule has 0 unspecified atom stereocenters. The highest BCUT2D eigenvalue weighted by Gasteiger charge is 2.39. The Labute approximate surface area is 149 Å². The molecule has 0 aliphatic heterocycles. The minimum atomic E-state index is 0.0528. The summed E-state index contributed by atoms with van der Waals surface area (Å²) in [5.74, 6) is 1.15. The van der Waals surface area contributed by atoms with Crippen LogP contribution in [0.5, 0.6) is 0 Å². The molecule has 0 amide bonds. The summed E-state index contributed by atoms with van der Waals surface area (Å²) in [7, 11) is 0. The van der Waals surface area contributed by atoms with Crippen molar-refractivity contribution in [2.45, 2.75) is 78.1 Å². The fourth-order valence-corrected chi connectivity index (χ4v) is 3.29. The standard InChI is InChI=1S/C24H34/c1-17(2)19-12-14-21(15-13-19)23(5,6)24(7,8)22-11-9-10-20(16-22)18(3)4/h9-18H,1-8H3. The Bertz CT molecular complexity index is 669. The summed E-state index contributed by atoms with van der Waals surface area (Å²) >= 11 is 0. The minimum absolute atomic E-state index is 0.0528. The van der Waals surface area contributed by atoms with E-state index in [-0.39, 0.29) is 10.8 Å². The maximum atomic E-state index is 2.40. The molecule has 130 valence electrons. The van der Waals surface area contributed by atoms with Crippen molar-refractivity contribution < 1.29 is 0 Å². The van der Waals surface area contributed by atoms with Crippen LogP contribution in [0.15, 0.2) is 48.5 Å². The van der Waals surface area contributed by atoms with Crippen LogP contribution in [0.3, 0.4) is 0 Å². The number of rotatable bonds is 5. The van der Waals surface area contributed by atoms with Crippen molar-refractivity contribution in [3.63, 3.8) is 0 Å². The topological polar surface area (TPSA) is 0 Å². The predicted octanol–water partition coefficient (Wildman–Crippen LogP) is 7.19. The highest BCUT2D eigenvalue weighted by Crippen LogP contribution is 2.44. The molecule has 2 aromatic rings. The minimum Gasteiger partial charge on any atom is -0.0617 e. The molecule has 0 fully saturated rings. The molecular weight excluding hydrogens is 288 g/mol. The Morgan fingerprint density at radius 3 is 1.58 bits per heavy atom. The van der Waals surface area contributed by atoms with E-state index in [2.05, 4.69) is 104 Å². The molecule has 0 atom stereocenters. The summed E-state index contributed by atoms with van der Waals surface area (Å²) in [5, 5.41) is 0. The maximum Gasteiger partial charge on any atom is -0.00119 e. The summed E-state index contributed by atoms with van der Waals surface area (Å²) < 4.78 is 0. The normalized spacial score (nSPS) is 12.9. The zero-order chi connectivity index (χ0) is 18.1. The quantitative estimate of drug-likeness (QED) is 0.546. The van der Waals surface area contributed by atoms with Gasteiger partial charge in [0.15, 0.2) is 0 Å². The molecule has 0 aromatic heterocycles. The van der Waals surface area contributed by atoms with E-state index >= 15 is 0 Å². The van der Waals surface area contributed by atoms with E-state index in [9.17, 15) is 0 Å². The van der Waals surface area contributed by atoms with Gasteiger partial charge in [-0.05, 0) is 44.9 Å². The first-order chi connectivity index (χ1) is 11.1. The summed E-state index contributed by atoms with van der Waals surface area (Å²) in [4.78, 5) is 0. The molecule has 0 saturated heterocycles. The first kappa shape index (κ1) is 18.8. The van der Waals surface area contributed by atoms with Crippen molar-refractivity contribution in [3.8, 4) is 0 Å². The van der Waals surface area contributed by atoms with E-state index in [0.29, 0.717) is 11.8 Å². The fourth-order valence-electron chi connectivity index (χ4n) is 3.29. The van der Waals surface area contributed by atoms with Crippen LogP contribution in [0.2, 0.25) is 0 Å². The van der Waals surface area contributed by atoms with Gasteiger partial charge in [-0.25, -0.2) is 0 Å². The summed E-state index contributed by atoms with van der Waals surface area (Å²) in [6.45, 7) is 18.5. The van der Waals surface area contributed by atoms with Crippen molar-refractivity contribution in [1.29, 1.82) is 0 Å². The Morgan fingerprint density at radius 2 is 1.08 bits per heavy atom. The molecule has 0 nitrogen and oxygen atoms in total. The second-order valence-corrected chi connectivity index (χ2v) is 8.81. The van der Waals surface area contributed by atoms with Crippen molar-refractivity contribution in [2.75, 3.05) is 0 Å². The van der Waals surface area contributed by atoms with Gasteiger partial charge < -0.3 is 0 Å². The SMILES string of the molecule is CC(C)c1ccc(C(C)(C)C(C)(C)c2cccc(C(C)C)c2)cc1. The largest absolute Gasteiger partial charge is 0.0617 e. The Kier molecular flexibility index (Phi) is 5.28. The molecule has 24 heavy (non-hydrogen) atoms. The third-order valence-corrected chi connectivity index (χ3v) is 6.14. The number of hydrogen-bond acceptors (Lipinski definition) is 0. The zero-order valence-corrected chi connectivity index (χ0v) is 16.8. The second kappa shape index (κ2) is 6.75. The molecule has 0 radical (unpaired) electrons. The number of benzene rings is 2. The molecule has 0 saturated carbocycles. The van der Waals surface area contributed by atoms with Gasteiger partial charge in [0.1, 0.15) is 0 Å². The van der Waals surface area contributed by atoms with Crippen LogP contribution < -0.4 is 0 Å². The Balaban J connectivity index is 2.43. The van der Waals surface area contributed by atoms with Crippen LogP contribution in [-0.4, -0.2) is 0 Å². The fraction of sp³-hybridized carbons (Fsp3) is 0.500. The van der Waals surface area contributed by atoms with Gasteiger partial charge >= 0.3 is 0 Å². The number of hydrogen-bond donors (Lipinski definition) is 0. The van der Waals surface area contributed by atoms with Gasteiger partial charge in [0.05, 0.1) is 0 Å². The molecular formula is C24H34. The third-order valence-electron chi connectivity index (χ3n) is 6.14. The molecule has 2 aromatic carbocycles. The molecule has 0 bridgehead atoms. The first-order valence-electron chi connectivity index (χ1n) is 9.28. The Morgan fingerprint density at radius 1 is 0.583 bits per heavy atom. The lowest BCUT2D eigenvalue weighted by molar-refractivity contribution is 0.302. The molecule has 0 aliphatic carbocycles.